The van der Waals surface area contributed by atoms with Crippen molar-refractivity contribution in [2.24, 2.45) is 0 Å². The Labute approximate surface area is 464 Å². The third-order valence-corrected chi connectivity index (χ3v) is 18.9. The lowest BCUT2D eigenvalue weighted by Gasteiger charge is -2.46. The van der Waals surface area contributed by atoms with Crippen molar-refractivity contribution in [3.63, 3.8) is 0 Å². The van der Waals surface area contributed by atoms with Gasteiger partial charge in [0.25, 0.3) is 0 Å². The predicted octanol–water partition coefficient (Wildman–Crippen LogP) is 20.8. The average Bonchev–Trinajstić information content (AvgIpc) is 3.54. The van der Waals surface area contributed by atoms with Crippen LogP contribution in [0.4, 0.5) is 60.5 Å². The fourth-order valence-corrected chi connectivity index (χ4v) is 15.5. The normalized spacial score (nSPS) is 14.1. The van der Waals surface area contributed by atoms with Gasteiger partial charge >= 0.3 is 12.7 Å². The third-order valence-electron chi connectivity index (χ3n) is 16.1. The number of alkyl halides is 6. The molecule has 2 aromatic heterocycles. The maximum absolute atomic E-state index is 14.1. The van der Waals surface area contributed by atoms with Crippen LogP contribution in [-0.2, 0) is 10.8 Å². The van der Waals surface area contributed by atoms with Crippen molar-refractivity contribution < 1.29 is 35.8 Å². The van der Waals surface area contributed by atoms with E-state index in [1.807, 2.05) is 46.2 Å². The van der Waals surface area contributed by atoms with Crippen LogP contribution in [-0.4, -0.2) is 12.7 Å². The molecule has 0 bridgehead atoms. The van der Waals surface area contributed by atoms with Crippen molar-refractivity contribution in [1.29, 1.82) is 0 Å². The molecule has 80 heavy (non-hydrogen) atoms. The summed E-state index contributed by atoms with van der Waals surface area (Å²) in [6, 6.07) is 66.7. The SMILES string of the molecule is Cc1cccc2c1sc1c(N(c3cccc(OC(F)(F)F)c3)c3ccc4c(c3)-c3cc(N(c5cccc(OC(F)(F)F)c5)c5cccc6c5sc5c(C)cccc56)ccc3C43c4ccccc4C(C)(C)c4ccccc43)cccc12. The second-order valence-corrected chi connectivity index (χ2v) is 23.1. The lowest BCUT2D eigenvalue weighted by atomic mass is 9.55. The van der Waals surface area contributed by atoms with E-state index >= 15 is 0 Å². The number of benzene rings is 10. The Hall–Kier alpha value is -8.58. The average molecular weight is 1100 g/mol. The molecule has 14 rings (SSSR count). The van der Waals surface area contributed by atoms with E-state index in [2.05, 4.69) is 158 Å². The van der Waals surface area contributed by atoms with Gasteiger partial charge in [-0.25, -0.2) is 0 Å². The van der Waals surface area contributed by atoms with Crippen LogP contribution in [0, 0.1) is 13.8 Å². The molecule has 0 atom stereocenters. The fraction of sp³-hybridized carbons (Fsp3) is 0.118. The lowest BCUT2D eigenvalue weighted by molar-refractivity contribution is -0.275. The number of hydrogen-bond acceptors (Lipinski definition) is 6. The molecule has 0 N–H and O–H groups in total. The van der Waals surface area contributed by atoms with Gasteiger partial charge in [-0.1, -0.05) is 147 Å². The molecule has 0 radical (unpaired) electrons. The van der Waals surface area contributed by atoms with Crippen molar-refractivity contribution in [1.82, 2.24) is 0 Å². The summed E-state index contributed by atoms with van der Waals surface area (Å²) < 4.78 is 97.6. The van der Waals surface area contributed by atoms with Crippen LogP contribution in [0.15, 0.2) is 206 Å². The van der Waals surface area contributed by atoms with Gasteiger partial charge in [-0.15, -0.1) is 49.0 Å². The van der Waals surface area contributed by atoms with Crippen molar-refractivity contribution in [3.8, 4) is 22.6 Å². The number of hydrogen-bond donors (Lipinski definition) is 0. The molecule has 0 saturated heterocycles. The molecule has 0 unspecified atom stereocenters. The molecular formula is C68H46F6N2O2S2. The van der Waals surface area contributed by atoms with E-state index in [1.165, 1.54) is 24.3 Å². The Morgan fingerprint density at radius 1 is 0.362 bits per heavy atom. The highest BCUT2D eigenvalue weighted by molar-refractivity contribution is 7.27. The zero-order chi connectivity index (χ0) is 55.0. The zero-order valence-electron chi connectivity index (χ0n) is 43.4. The Kier molecular flexibility index (Phi) is 11.2. The van der Waals surface area contributed by atoms with Gasteiger partial charge in [-0.2, -0.15) is 0 Å². The molecule has 2 aliphatic carbocycles. The van der Waals surface area contributed by atoms with E-state index in [4.69, 9.17) is 0 Å². The van der Waals surface area contributed by atoms with E-state index in [1.54, 1.807) is 46.9 Å². The molecule has 0 amide bonds. The Bertz CT molecular complexity index is 4230. The summed E-state index contributed by atoms with van der Waals surface area (Å²) in [4.78, 5) is 4.03. The summed E-state index contributed by atoms with van der Waals surface area (Å²) in [5, 5.41) is 4.19. The van der Waals surface area contributed by atoms with E-state index in [0.29, 0.717) is 22.7 Å². The van der Waals surface area contributed by atoms with Gasteiger partial charge in [0.1, 0.15) is 11.5 Å². The molecule has 12 aromatic rings. The van der Waals surface area contributed by atoms with Gasteiger partial charge in [0.15, 0.2) is 0 Å². The molecule has 12 heteroatoms. The molecule has 394 valence electrons. The standard InChI is InChI=1S/C68H46F6N2O2S2/c1-39-15-9-21-47-49-23-13-29-59(63(49)79-61(39)47)75(41-17-11-19-45(35-41)77-67(69,70)71)43-31-33-53-51(37-43)52-38-44(32-34-54(52)66(53)57-27-7-5-25-55(57)65(3,4)56-26-6-8-28-58(56)66)76(42-18-12-20-46(36-42)78-68(72,73)74)60-30-14-24-50-48-22-10-16-40(2)62(48)80-64(50)60/h5-38H,1-4H3. The summed E-state index contributed by atoms with van der Waals surface area (Å²) in [7, 11) is 0. The third kappa shape index (κ3) is 7.70. The molecule has 0 saturated carbocycles. The van der Waals surface area contributed by atoms with Gasteiger partial charge in [0.05, 0.1) is 26.2 Å². The van der Waals surface area contributed by atoms with Gasteiger partial charge in [-0.05, 0) is 130 Å². The Morgan fingerprint density at radius 3 is 1.14 bits per heavy atom. The highest BCUT2D eigenvalue weighted by atomic mass is 32.1. The zero-order valence-corrected chi connectivity index (χ0v) is 45.1. The van der Waals surface area contributed by atoms with E-state index in [9.17, 15) is 26.3 Å². The van der Waals surface area contributed by atoms with E-state index in [0.717, 1.165) is 107 Å². The van der Waals surface area contributed by atoms with Gasteiger partial charge in [-0.3, -0.25) is 0 Å². The van der Waals surface area contributed by atoms with Gasteiger partial charge in [0.2, 0.25) is 0 Å². The minimum atomic E-state index is -4.93. The van der Waals surface area contributed by atoms with Crippen molar-refractivity contribution in [3.05, 3.63) is 251 Å². The van der Waals surface area contributed by atoms with E-state index < -0.39 is 23.6 Å². The summed E-state index contributed by atoms with van der Waals surface area (Å²) >= 11 is 3.28. The molecule has 2 heterocycles. The topological polar surface area (TPSA) is 24.9 Å². The first-order chi connectivity index (χ1) is 38.5. The second-order valence-electron chi connectivity index (χ2n) is 21.1. The van der Waals surface area contributed by atoms with Crippen molar-refractivity contribution in [2.45, 2.75) is 51.2 Å². The maximum atomic E-state index is 14.1. The first-order valence-corrected chi connectivity index (χ1v) is 27.7. The number of aryl methyl sites for hydroxylation is 2. The van der Waals surface area contributed by atoms with Gasteiger partial charge in [0, 0.05) is 71.2 Å². The number of thiophene rings is 2. The van der Waals surface area contributed by atoms with Crippen LogP contribution in [0.2, 0.25) is 0 Å². The summed E-state index contributed by atoms with van der Waals surface area (Å²) in [5.41, 5.74) is 13.1. The summed E-state index contributed by atoms with van der Waals surface area (Å²) in [6.45, 7) is 8.68. The smallest absolute Gasteiger partial charge is 0.406 e. The minimum absolute atomic E-state index is 0.360. The summed E-state index contributed by atoms with van der Waals surface area (Å²) in [5.74, 6) is -0.720. The monoisotopic (exact) mass is 1100 g/mol. The Balaban J connectivity index is 1.07. The van der Waals surface area contributed by atoms with E-state index in [-0.39, 0.29) is 11.5 Å². The molecule has 2 aliphatic rings. The highest BCUT2D eigenvalue weighted by Gasteiger charge is 2.53. The molecule has 4 nitrogen and oxygen atoms in total. The van der Waals surface area contributed by atoms with Crippen LogP contribution in [0.1, 0.15) is 58.4 Å². The first-order valence-electron chi connectivity index (χ1n) is 26.1. The number of ether oxygens (including phenoxy) is 2. The van der Waals surface area contributed by atoms with Crippen molar-refractivity contribution >= 4 is 97.1 Å². The predicted molar refractivity (Wildman–Crippen MR) is 314 cm³/mol. The quantitative estimate of drug-likeness (QED) is 0.142. The number of halogens is 6. The van der Waals surface area contributed by atoms with Crippen molar-refractivity contribution in [2.75, 3.05) is 9.80 Å². The second kappa shape index (κ2) is 18.0. The summed E-state index contributed by atoms with van der Waals surface area (Å²) in [6.07, 6.45) is -9.86. The highest BCUT2D eigenvalue weighted by Crippen LogP contribution is 2.64. The fourth-order valence-electron chi connectivity index (χ4n) is 12.9. The van der Waals surface area contributed by atoms with Crippen LogP contribution in [0.25, 0.3) is 51.5 Å². The number of rotatable bonds is 8. The molecular weight excluding hydrogens is 1050 g/mol. The molecule has 10 aromatic carbocycles. The largest absolute Gasteiger partial charge is 0.573 e. The lowest BCUT2D eigenvalue weighted by Crippen LogP contribution is -2.40. The molecule has 1 spiro atoms. The maximum Gasteiger partial charge on any atom is 0.573 e. The van der Waals surface area contributed by atoms with Gasteiger partial charge < -0.3 is 19.3 Å². The van der Waals surface area contributed by atoms with Crippen LogP contribution in [0.3, 0.4) is 0 Å². The molecule has 0 aliphatic heterocycles. The number of anilines is 6. The van der Waals surface area contributed by atoms with Crippen LogP contribution >= 0.6 is 22.7 Å². The molecule has 0 fully saturated rings. The minimum Gasteiger partial charge on any atom is -0.406 e. The first kappa shape index (κ1) is 49.7. The van der Waals surface area contributed by atoms with Crippen LogP contribution < -0.4 is 19.3 Å². The Morgan fingerprint density at radius 2 is 0.725 bits per heavy atom. The van der Waals surface area contributed by atoms with Crippen LogP contribution in [0.5, 0.6) is 11.5 Å². The number of nitrogens with zero attached hydrogens (tertiary/aromatic N) is 2. The number of fused-ring (bicyclic) bond motifs is 15.